The Balaban J connectivity index is 1.81. The van der Waals surface area contributed by atoms with Gasteiger partial charge in [0.25, 0.3) is 5.91 Å². The van der Waals surface area contributed by atoms with Gasteiger partial charge in [-0.25, -0.2) is 14.4 Å². The lowest BCUT2D eigenvalue weighted by molar-refractivity contribution is -0.132. The van der Waals surface area contributed by atoms with Crippen molar-refractivity contribution in [3.05, 3.63) is 53.6 Å². The van der Waals surface area contributed by atoms with Gasteiger partial charge in [0.05, 0.1) is 12.2 Å². The molecule has 8 nitrogen and oxygen atoms in total. The summed E-state index contributed by atoms with van der Waals surface area (Å²) in [6, 6.07) is 7.53. The molecule has 0 radical (unpaired) electrons. The zero-order valence-corrected chi connectivity index (χ0v) is 22.8. The van der Waals surface area contributed by atoms with Crippen molar-refractivity contribution in [2.45, 2.75) is 58.9 Å². The normalized spacial score (nSPS) is 11.7. The Morgan fingerprint density at radius 3 is 2.43 bits per heavy atom. The number of hydrogen-bond acceptors (Lipinski definition) is 6. The van der Waals surface area contributed by atoms with E-state index in [1.807, 2.05) is 24.9 Å². The van der Waals surface area contributed by atoms with E-state index in [1.54, 1.807) is 18.1 Å². The minimum Gasteiger partial charge on any atom is -0.357 e. The molecule has 0 aliphatic rings. The molecule has 2 amide bonds. The van der Waals surface area contributed by atoms with Crippen LogP contribution in [0.15, 0.2) is 36.5 Å². The SMILES string of the molecule is CCN(CCCCCCC(=O)N(Cc1ccnc(NC)n1)CC(C)CCNC)C(=O)c1ccc(F)cc1. The largest absolute Gasteiger partial charge is 0.357 e. The molecule has 1 aromatic carbocycles. The quantitative estimate of drug-likeness (QED) is 0.305. The van der Waals surface area contributed by atoms with Crippen LogP contribution < -0.4 is 10.6 Å². The number of nitrogens with zero attached hydrogens (tertiary/aromatic N) is 4. The Labute approximate surface area is 221 Å². The van der Waals surface area contributed by atoms with E-state index in [2.05, 4.69) is 27.5 Å². The number of hydrogen-bond donors (Lipinski definition) is 2. The molecule has 0 aliphatic carbocycles. The van der Waals surface area contributed by atoms with Crippen molar-refractivity contribution in [3.63, 3.8) is 0 Å². The molecule has 0 bridgehead atoms. The molecule has 0 fully saturated rings. The summed E-state index contributed by atoms with van der Waals surface area (Å²) >= 11 is 0. The average Bonchev–Trinajstić information content (AvgIpc) is 2.91. The Bertz CT molecular complexity index is 956. The number of amides is 2. The van der Waals surface area contributed by atoms with E-state index < -0.39 is 0 Å². The molecule has 204 valence electrons. The summed E-state index contributed by atoms with van der Waals surface area (Å²) in [5.74, 6) is 0.641. The number of rotatable bonds is 17. The van der Waals surface area contributed by atoms with Crippen LogP contribution in [0, 0.1) is 11.7 Å². The molecular formula is C28H43FN6O2. The smallest absolute Gasteiger partial charge is 0.253 e. The van der Waals surface area contributed by atoms with E-state index in [9.17, 15) is 14.0 Å². The van der Waals surface area contributed by atoms with E-state index in [0.29, 0.717) is 50.0 Å². The van der Waals surface area contributed by atoms with Crippen molar-refractivity contribution in [1.82, 2.24) is 25.1 Å². The topological polar surface area (TPSA) is 90.5 Å². The summed E-state index contributed by atoms with van der Waals surface area (Å²) in [6.07, 6.45) is 6.75. The number of benzene rings is 1. The lowest BCUT2D eigenvalue weighted by Crippen LogP contribution is -2.35. The predicted octanol–water partition coefficient (Wildman–Crippen LogP) is 4.34. The van der Waals surface area contributed by atoms with Gasteiger partial charge in [-0.2, -0.15) is 0 Å². The molecule has 1 atom stereocenters. The standard InChI is InChI=1S/C28H43FN6O2/c1-5-34(27(37)23-11-13-24(29)14-12-23)19-9-7-6-8-10-26(36)35(20-22(2)15-17-30-3)21-25-16-18-32-28(31-4)33-25/h11-14,16,18,22,30H,5-10,15,17,19-21H2,1-4H3,(H,31,32,33). The highest BCUT2D eigenvalue weighted by atomic mass is 19.1. The van der Waals surface area contributed by atoms with Gasteiger partial charge >= 0.3 is 0 Å². The molecule has 1 aromatic heterocycles. The molecule has 2 aromatic rings. The maximum absolute atomic E-state index is 13.1. The van der Waals surface area contributed by atoms with Crippen LogP contribution in [0.25, 0.3) is 0 Å². The molecule has 1 unspecified atom stereocenters. The summed E-state index contributed by atoms with van der Waals surface area (Å²) < 4.78 is 13.1. The van der Waals surface area contributed by atoms with Crippen LogP contribution in [0.5, 0.6) is 0 Å². The van der Waals surface area contributed by atoms with Crippen LogP contribution in [0.4, 0.5) is 10.3 Å². The monoisotopic (exact) mass is 514 g/mol. The lowest BCUT2D eigenvalue weighted by Gasteiger charge is -2.26. The van der Waals surface area contributed by atoms with E-state index in [0.717, 1.165) is 44.3 Å². The number of carbonyl (C=O) groups is 2. The predicted molar refractivity (Wildman–Crippen MR) is 146 cm³/mol. The highest BCUT2D eigenvalue weighted by molar-refractivity contribution is 5.94. The second-order valence-electron chi connectivity index (χ2n) is 9.45. The minimum absolute atomic E-state index is 0.0770. The van der Waals surface area contributed by atoms with E-state index in [1.165, 1.54) is 24.3 Å². The zero-order chi connectivity index (χ0) is 27.0. The fraction of sp³-hybridized carbons (Fsp3) is 0.571. The average molecular weight is 515 g/mol. The summed E-state index contributed by atoms with van der Waals surface area (Å²) in [4.78, 5) is 38.2. The molecule has 0 saturated heterocycles. The highest BCUT2D eigenvalue weighted by Gasteiger charge is 2.18. The number of unbranched alkanes of at least 4 members (excludes halogenated alkanes) is 3. The van der Waals surface area contributed by atoms with Crippen molar-refractivity contribution in [3.8, 4) is 0 Å². The van der Waals surface area contributed by atoms with Crippen LogP contribution in [0.2, 0.25) is 0 Å². The number of aromatic nitrogens is 2. The third-order valence-corrected chi connectivity index (χ3v) is 6.39. The summed E-state index contributed by atoms with van der Waals surface area (Å²) in [7, 11) is 3.72. The van der Waals surface area contributed by atoms with Crippen LogP contribution in [0.1, 0.15) is 68.4 Å². The van der Waals surface area contributed by atoms with Crippen LogP contribution >= 0.6 is 0 Å². The number of anilines is 1. The van der Waals surface area contributed by atoms with Crippen molar-refractivity contribution in [1.29, 1.82) is 0 Å². The minimum atomic E-state index is -0.347. The van der Waals surface area contributed by atoms with Gasteiger partial charge in [-0.1, -0.05) is 19.8 Å². The first-order valence-corrected chi connectivity index (χ1v) is 13.3. The molecule has 0 aliphatic heterocycles. The van der Waals surface area contributed by atoms with Crippen molar-refractivity contribution in [2.75, 3.05) is 45.6 Å². The van der Waals surface area contributed by atoms with Crippen molar-refractivity contribution in [2.24, 2.45) is 5.92 Å². The number of nitrogens with one attached hydrogen (secondary N) is 2. The Morgan fingerprint density at radius 1 is 1.03 bits per heavy atom. The molecule has 1 heterocycles. The van der Waals surface area contributed by atoms with Gasteiger partial charge in [0.2, 0.25) is 11.9 Å². The Hall–Kier alpha value is -3.07. The fourth-order valence-corrected chi connectivity index (χ4v) is 4.18. The van der Waals surface area contributed by atoms with Gasteiger partial charge in [0.15, 0.2) is 0 Å². The molecule has 9 heteroatoms. The maximum atomic E-state index is 13.1. The number of halogens is 1. The summed E-state index contributed by atoms with van der Waals surface area (Å²) in [5.41, 5.74) is 1.32. The Kier molecular flexibility index (Phi) is 13.6. The second-order valence-corrected chi connectivity index (χ2v) is 9.45. The zero-order valence-electron chi connectivity index (χ0n) is 22.8. The summed E-state index contributed by atoms with van der Waals surface area (Å²) in [6.45, 7) is 7.45. The molecule has 2 N–H and O–H groups in total. The first kappa shape index (κ1) is 30.2. The van der Waals surface area contributed by atoms with Gasteiger partial charge in [-0.3, -0.25) is 9.59 Å². The summed E-state index contributed by atoms with van der Waals surface area (Å²) in [5, 5.41) is 6.13. The highest BCUT2D eigenvalue weighted by Crippen LogP contribution is 2.14. The molecule has 2 rings (SSSR count). The first-order chi connectivity index (χ1) is 17.9. The fourth-order valence-electron chi connectivity index (χ4n) is 4.18. The van der Waals surface area contributed by atoms with Crippen LogP contribution in [0.3, 0.4) is 0 Å². The van der Waals surface area contributed by atoms with Gasteiger partial charge in [0.1, 0.15) is 5.82 Å². The van der Waals surface area contributed by atoms with E-state index in [-0.39, 0.29) is 17.6 Å². The van der Waals surface area contributed by atoms with Gasteiger partial charge < -0.3 is 20.4 Å². The maximum Gasteiger partial charge on any atom is 0.253 e. The molecule has 0 saturated carbocycles. The third kappa shape index (κ3) is 10.8. The lowest BCUT2D eigenvalue weighted by atomic mass is 10.1. The van der Waals surface area contributed by atoms with Crippen molar-refractivity contribution >= 4 is 17.8 Å². The number of carbonyl (C=O) groups excluding carboxylic acids is 2. The van der Waals surface area contributed by atoms with Gasteiger partial charge in [-0.15, -0.1) is 0 Å². The van der Waals surface area contributed by atoms with Crippen molar-refractivity contribution < 1.29 is 14.0 Å². The van der Waals surface area contributed by atoms with Gasteiger partial charge in [0, 0.05) is 44.9 Å². The second kappa shape index (κ2) is 16.6. The molecule has 0 spiro atoms. The van der Waals surface area contributed by atoms with E-state index >= 15 is 0 Å². The van der Waals surface area contributed by atoms with E-state index in [4.69, 9.17) is 0 Å². The molecular weight excluding hydrogens is 471 g/mol. The van der Waals surface area contributed by atoms with Crippen LogP contribution in [-0.4, -0.2) is 71.9 Å². The first-order valence-electron chi connectivity index (χ1n) is 13.3. The van der Waals surface area contributed by atoms with Crippen LogP contribution in [-0.2, 0) is 11.3 Å². The van der Waals surface area contributed by atoms with Gasteiger partial charge in [-0.05, 0) is 76.0 Å². The molecule has 37 heavy (non-hydrogen) atoms. The third-order valence-electron chi connectivity index (χ3n) is 6.39. The Morgan fingerprint density at radius 2 is 1.76 bits per heavy atom.